The van der Waals surface area contributed by atoms with Crippen LogP contribution in [0.25, 0.3) is 5.69 Å². The molecule has 166 valence electrons. The van der Waals surface area contributed by atoms with Crippen molar-refractivity contribution in [3.05, 3.63) is 91.9 Å². The van der Waals surface area contributed by atoms with Crippen molar-refractivity contribution in [3.8, 4) is 11.4 Å². The number of nitrogens with zero attached hydrogens (tertiary/aromatic N) is 2. The molecule has 6 nitrogen and oxygen atoms in total. The third-order valence-corrected chi connectivity index (χ3v) is 5.70. The van der Waals surface area contributed by atoms with Crippen LogP contribution in [0.1, 0.15) is 22.4 Å². The molecule has 3 aromatic rings. The molecule has 0 saturated carbocycles. The van der Waals surface area contributed by atoms with Gasteiger partial charge >= 0.3 is 0 Å². The molecular formula is C23H19ClF2N2O4. The van der Waals surface area contributed by atoms with Gasteiger partial charge in [-0.1, -0.05) is 17.7 Å². The molecule has 1 N–H and O–H groups in total. The van der Waals surface area contributed by atoms with E-state index in [1.165, 1.54) is 15.5 Å². The minimum atomic E-state index is -0.752. The topological polar surface area (TPSA) is 71.8 Å². The Bertz CT molecular complexity index is 1280. The zero-order valence-corrected chi connectivity index (χ0v) is 17.8. The molecule has 2 heterocycles. The van der Waals surface area contributed by atoms with Gasteiger partial charge in [0.15, 0.2) is 0 Å². The van der Waals surface area contributed by atoms with Crippen LogP contribution in [0.3, 0.4) is 0 Å². The number of hydrogen-bond donors (Lipinski definition) is 1. The Morgan fingerprint density at radius 1 is 1.12 bits per heavy atom. The average molecular weight is 461 g/mol. The van der Waals surface area contributed by atoms with Crippen molar-refractivity contribution in [2.45, 2.75) is 26.6 Å². The minimum absolute atomic E-state index is 0.0926. The number of aromatic nitrogens is 1. The van der Waals surface area contributed by atoms with Crippen LogP contribution >= 0.6 is 11.6 Å². The first-order valence-corrected chi connectivity index (χ1v) is 10.2. The smallest absolute Gasteiger partial charge is 0.277 e. The van der Waals surface area contributed by atoms with E-state index in [-0.39, 0.29) is 28.8 Å². The van der Waals surface area contributed by atoms with Crippen LogP contribution in [0.4, 0.5) is 8.78 Å². The molecule has 0 atom stereocenters. The second kappa shape index (κ2) is 8.72. The summed E-state index contributed by atoms with van der Waals surface area (Å²) in [5.74, 6) is -1.72. The Balaban J connectivity index is 1.61. The van der Waals surface area contributed by atoms with Gasteiger partial charge in [-0.05, 0) is 42.3 Å². The van der Waals surface area contributed by atoms with Gasteiger partial charge in [0.05, 0.1) is 0 Å². The van der Waals surface area contributed by atoms with Crippen LogP contribution in [0, 0.1) is 18.6 Å². The Labute approximate surface area is 187 Å². The summed E-state index contributed by atoms with van der Waals surface area (Å²) in [6.45, 7) is 1.67. The van der Waals surface area contributed by atoms with Crippen LogP contribution in [-0.2, 0) is 24.5 Å². The zero-order chi connectivity index (χ0) is 23.0. The predicted molar refractivity (Wildman–Crippen MR) is 114 cm³/mol. The lowest BCUT2D eigenvalue weighted by Crippen LogP contribution is -2.27. The van der Waals surface area contributed by atoms with Crippen molar-refractivity contribution in [2.75, 3.05) is 6.61 Å². The van der Waals surface area contributed by atoms with E-state index < -0.39 is 23.8 Å². The molecule has 1 aliphatic heterocycles. The van der Waals surface area contributed by atoms with Gasteiger partial charge < -0.3 is 14.7 Å². The number of ether oxygens (including phenoxy) is 1. The Hall–Kier alpha value is -3.23. The fourth-order valence-electron chi connectivity index (χ4n) is 3.70. The van der Waals surface area contributed by atoms with Crippen molar-refractivity contribution >= 4 is 17.5 Å². The predicted octanol–water partition coefficient (Wildman–Crippen LogP) is 3.49. The second-order valence-corrected chi connectivity index (χ2v) is 7.87. The van der Waals surface area contributed by atoms with E-state index in [1.54, 1.807) is 25.1 Å². The van der Waals surface area contributed by atoms with E-state index in [0.29, 0.717) is 24.5 Å². The van der Waals surface area contributed by atoms with Gasteiger partial charge in [-0.25, -0.2) is 8.78 Å². The van der Waals surface area contributed by atoms with Crippen molar-refractivity contribution in [1.82, 2.24) is 9.47 Å². The molecule has 0 radical (unpaired) electrons. The van der Waals surface area contributed by atoms with Gasteiger partial charge in [-0.3, -0.25) is 14.2 Å². The molecule has 0 spiro atoms. The molecular weight excluding hydrogens is 442 g/mol. The van der Waals surface area contributed by atoms with Crippen LogP contribution in [0.5, 0.6) is 5.75 Å². The lowest BCUT2D eigenvalue weighted by Gasteiger charge is -2.15. The highest BCUT2D eigenvalue weighted by Gasteiger charge is 2.24. The largest absolute Gasteiger partial charge is 0.487 e. The number of halogens is 3. The van der Waals surface area contributed by atoms with Crippen molar-refractivity contribution < 1.29 is 23.4 Å². The molecule has 32 heavy (non-hydrogen) atoms. The number of pyridine rings is 1. The van der Waals surface area contributed by atoms with Crippen LogP contribution < -0.4 is 10.3 Å². The molecule has 1 amide bonds. The third kappa shape index (κ3) is 4.11. The highest BCUT2D eigenvalue weighted by molar-refractivity contribution is 6.31. The number of aliphatic hydroxyl groups is 1. The third-order valence-electron chi connectivity index (χ3n) is 5.36. The van der Waals surface area contributed by atoms with Gasteiger partial charge in [0, 0.05) is 42.2 Å². The van der Waals surface area contributed by atoms with E-state index >= 15 is 0 Å². The van der Waals surface area contributed by atoms with Crippen LogP contribution in [-0.4, -0.2) is 27.1 Å². The Morgan fingerprint density at radius 3 is 2.59 bits per heavy atom. The molecule has 9 heteroatoms. The Kier molecular flexibility index (Phi) is 5.99. The van der Waals surface area contributed by atoms with Crippen LogP contribution in [0.15, 0.2) is 47.3 Å². The lowest BCUT2D eigenvalue weighted by atomic mass is 10.1. The van der Waals surface area contributed by atoms with Crippen molar-refractivity contribution in [2.24, 2.45) is 0 Å². The number of aryl methyl sites for hydroxylation is 1. The first-order chi connectivity index (χ1) is 15.3. The number of benzene rings is 2. The monoisotopic (exact) mass is 460 g/mol. The highest BCUT2D eigenvalue weighted by Crippen LogP contribution is 2.28. The number of carbonyl (C=O) groups is 1. The summed E-state index contributed by atoms with van der Waals surface area (Å²) >= 11 is 6.26. The van der Waals surface area contributed by atoms with Gasteiger partial charge in [0.25, 0.3) is 5.56 Å². The SMILES string of the molecule is Cc1cc(OCc2ccc(F)cc2F)c(Cl)c(=O)n1-c1ccc2c(c1)CN(C(=O)CO)C2. The summed E-state index contributed by atoms with van der Waals surface area (Å²) in [6.07, 6.45) is 0. The summed E-state index contributed by atoms with van der Waals surface area (Å²) < 4.78 is 33.9. The van der Waals surface area contributed by atoms with E-state index in [9.17, 15) is 18.4 Å². The van der Waals surface area contributed by atoms with E-state index in [4.69, 9.17) is 21.4 Å². The van der Waals surface area contributed by atoms with Crippen LogP contribution in [0.2, 0.25) is 5.02 Å². The van der Waals surface area contributed by atoms with E-state index in [1.807, 2.05) is 6.07 Å². The van der Waals surface area contributed by atoms with Crippen molar-refractivity contribution in [1.29, 1.82) is 0 Å². The fourth-order valence-corrected chi connectivity index (χ4v) is 3.89. The minimum Gasteiger partial charge on any atom is -0.487 e. The molecule has 0 saturated heterocycles. The summed E-state index contributed by atoms with van der Waals surface area (Å²) in [5, 5.41) is 8.91. The lowest BCUT2D eigenvalue weighted by molar-refractivity contribution is -0.134. The summed E-state index contributed by atoms with van der Waals surface area (Å²) in [4.78, 5) is 26.3. The first kappa shape index (κ1) is 22.0. The van der Waals surface area contributed by atoms with Gasteiger partial charge in [0.1, 0.15) is 35.6 Å². The quantitative estimate of drug-likeness (QED) is 0.632. The molecule has 0 fully saturated rings. The molecule has 1 aliphatic rings. The molecule has 4 rings (SSSR count). The number of hydrogen-bond acceptors (Lipinski definition) is 4. The fraction of sp³-hybridized carbons (Fsp3) is 0.217. The summed E-state index contributed by atoms with van der Waals surface area (Å²) in [6, 6.07) is 10.1. The number of amides is 1. The number of fused-ring (bicyclic) bond motifs is 1. The Morgan fingerprint density at radius 2 is 1.88 bits per heavy atom. The molecule has 0 aliphatic carbocycles. The summed E-state index contributed by atoms with van der Waals surface area (Å²) in [7, 11) is 0. The maximum atomic E-state index is 13.8. The summed E-state index contributed by atoms with van der Waals surface area (Å²) in [5.41, 5.74) is 2.54. The van der Waals surface area contributed by atoms with Gasteiger partial charge in [0.2, 0.25) is 5.91 Å². The van der Waals surface area contributed by atoms with Gasteiger partial charge in [-0.2, -0.15) is 0 Å². The standard InChI is InChI=1S/C23H19ClF2N2O4/c1-13-6-20(32-12-15-2-4-17(25)8-19(15)26)22(24)23(31)28(13)18-5-3-14-9-27(21(30)11-29)10-16(14)7-18/h2-8,29H,9-12H2,1H3. The second-order valence-electron chi connectivity index (χ2n) is 7.49. The molecule has 2 aromatic carbocycles. The zero-order valence-electron chi connectivity index (χ0n) is 17.1. The number of carbonyl (C=O) groups excluding carboxylic acids is 1. The first-order valence-electron chi connectivity index (χ1n) is 9.78. The van der Waals surface area contributed by atoms with E-state index in [0.717, 1.165) is 23.3 Å². The maximum absolute atomic E-state index is 13.8. The maximum Gasteiger partial charge on any atom is 0.277 e. The average Bonchev–Trinajstić information content (AvgIpc) is 3.19. The molecule has 0 bridgehead atoms. The highest BCUT2D eigenvalue weighted by atomic mass is 35.5. The van der Waals surface area contributed by atoms with Crippen molar-refractivity contribution in [3.63, 3.8) is 0 Å². The normalized spacial score (nSPS) is 12.7. The molecule has 1 aromatic heterocycles. The number of aliphatic hydroxyl groups excluding tert-OH is 1. The number of rotatable bonds is 5. The van der Waals surface area contributed by atoms with E-state index in [2.05, 4.69) is 0 Å². The van der Waals surface area contributed by atoms with Gasteiger partial charge in [-0.15, -0.1) is 0 Å². The molecule has 0 unspecified atom stereocenters.